The van der Waals surface area contributed by atoms with Gasteiger partial charge >= 0.3 is 0 Å². The Hall–Kier alpha value is -2.30. The van der Waals surface area contributed by atoms with Crippen molar-refractivity contribution in [2.75, 3.05) is 18.9 Å². The Kier molecular flexibility index (Phi) is 4.55. The number of benzene rings is 1. The number of nitrogens with one attached hydrogen (secondary N) is 2. The van der Waals surface area contributed by atoms with Gasteiger partial charge in [-0.3, -0.25) is 9.48 Å². The molecule has 0 fully saturated rings. The zero-order chi connectivity index (χ0) is 13.5. The van der Waals surface area contributed by atoms with Crippen LogP contribution in [-0.2, 0) is 17.8 Å². The maximum atomic E-state index is 11.2. The van der Waals surface area contributed by atoms with Crippen LogP contribution in [0.15, 0.2) is 42.7 Å². The molecule has 0 unspecified atom stereocenters. The predicted molar refractivity (Wildman–Crippen MR) is 74.9 cm³/mol. The van der Waals surface area contributed by atoms with E-state index in [9.17, 15) is 4.79 Å². The third-order valence-electron chi connectivity index (χ3n) is 2.80. The van der Waals surface area contributed by atoms with Gasteiger partial charge in [0, 0.05) is 19.8 Å². The molecule has 1 aromatic heterocycles. The molecule has 1 heterocycles. The van der Waals surface area contributed by atoms with Gasteiger partial charge < -0.3 is 10.6 Å². The summed E-state index contributed by atoms with van der Waals surface area (Å²) < 4.78 is 1.61. The molecule has 0 saturated heterocycles. The second-order valence-electron chi connectivity index (χ2n) is 4.26. The largest absolute Gasteiger partial charge is 0.382 e. The van der Waals surface area contributed by atoms with Crippen LogP contribution in [0.3, 0.4) is 0 Å². The first-order valence-electron chi connectivity index (χ1n) is 6.29. The molecule has 0 atom stereocenters. The standard InChI is InChI=1S/C14H18N4O/c1-15-14(19)11-18-10-13(9-17-18)16-8-7-12-5-3-2-4-6-12/h2-6,9-10,16H,7-8,11H2,1H3,(H,15,19). The molecular weight excluding hydrogens is 240 g/mol. The van der Waals surface area contributed by atoms with Crippen LogP contribution in [0.25, 0.3) is 0 Å². The average Bonchev–Trinajstić information content (AvgIpc) is 2.87. The van der Waals surface area contributed by atoms with Gasteiger partial charge in [0.05, 0.1) is 11.9 Å². The highest BCUT2D eigenvalue weighted by atomic mass is 16.1. The van der Waals surface area contributed by atoms with Gasteiger partial charge in [-0.05, 0) is 12.0 Å². The van der Waals surface area contributed by atoms with Crippen molar-refractivity contribution in [1.82, 2.24) is 15.1 Å². The summed E-state index contributed by atoms with van der Waals surface area (Å²) in [7, 11) is 1.62. The van der Waals surface area contributed by atoms with Crippen molar-refractivity contribution in [3.8, 4) is 0 Å². The number of carbonyl (C=O) groups excluding carboxylic acids is 1. The lowest BCUT2D eigenvalue weighted by Gasteiger charge is -2.03. The summed E-state index contributed by atoms with van der Waals surface area (Å²) in [6, 6.07) is 10.3. The van der Waals surface area contributed by atoms with Gasteiger partial charge in [-0.25, -0.2) is 0 Å². The molecule has 1 amide bonds. The van der Waals surface area contributed by atoms with Crippen molar-refractivity contribution < 1.29 is 4.79 Å². The van der Waals surface area contributed by atoms with Crippen molar-refractivity contribution >= 4 is 11.6 Å². The highest BCUT2D eigenvalue weighted by molar-refractivity contribution is 5.75. The van der Waals surface area contributed by atoms with Crippen LogP contribution in [0.1, 0.15) is 5.56 Å². The van der Waals surface area contributed by atoms with Crippen LogP contribution >= 0.6 is 0 Å². The second kappa shape index (κ2) is 6.58. The number of nitrogens with zero attached hydrogens (tertiary/aromatic N) is 2. The lowest BCUT2D eigenvalue weighted by Crippen LogP contribution is -2.23. The number of anilines is 1. The van der Waals surface area contributed by atoms with Crippen LogP contribution in [0, 0.1) is 0 Å². The molecule has 19 heavy (non-hydrogen) atoms. The molecule has 0 aliphatic carbocycles. The number of carbonyl (C=O) groups is 1. The van der Waals surface area contributed by atoms with Gasteiger partial charge in [0.25, 0.3) is 0 Å². The Bertz CT molecular complexity index is 521. The predicted octanol–water partition coefficient (Wildman–Crippen LogP) is 1.28. The van der Waals surface area contributed by atoms with E-state index in [1.165, 1.54) is 5.56 Å². The Morgan fingerprint density at radius 2 is 2.11 bits per heavy atom. The normalized spacial score (nSPS) is 10.2. The van der Waals surface area contributed by atoms with Crippen LogP contribution in [0.5, 0.6) is 0 Å². The monoisotopic (exact) mass is 258 g/mol. The molecule has 5 nitrogen and oxygen atoms in total. The van der Waals surface area contributed by atoms with E-state index < -0.39 is 0 Å². The van der Waals surface area contributed by atoms with Gasteiger partial charge in [0.15, 0.2) is 0 Å². The lowest BCUT2D eigenvalue weighted by molar-refractivity contribution is -0.121. The third-order valence-corrected chi connectivity index (χ3v) is 2.80. The maximum Gasteiger partial charge on any atom is 0.241 e. The third kappa shape index (κ3) is 4.13. The van der Waals surface area contributed by atoms with Crippen LogP contribution in [0.2, 0.25) is 0 Å². The average molecular weight is 258 g/mol. The molecule has 0 aliphatic heterocycles. The van der Waals surface area contributed by atoms with Gasteiger partial charge in [-0.2, -0.15) is 5.10 Å². The number of rotatable bonds is 6. The van der Waals surface area contributed by atoms with Gasteiger partial charge in [-0.1, -0.05) is 30.3 Å². The van der Waals surface area contributed by atoms with E-state index in [4.69, 9.17) is 0 Å². The topological polar surface area (TPSA) is 59.0 Å². The first kappa shape index (κ1) is 13.1. The van der Waals surface area contributed by atoms with Crippen molar-refractivity contribution in [1.29, 1.82) is 0 Å². The minimum absolute atomic E-state index is 0.0565. The molecule has 5 heteroatoms. The molecule has 0 bridgehead atoms. The molecule has 2 N–H and O–H groups in total. The Morgan fingerprint density at radius 1 is 1.32 bits per heavy atom. The minimum atomic E-state index is -0.0565. The fraction of sp³-hybridized carbons (Fsp3) is 0.286. The van der Waals surface area contributed by atoms with E-state index in [-0.39, 0.29) is 12.5 Å². The summed E-state index contributed by atoms with van der Waals surface area (Å²) in [6.45, 7) is 1.09. The van der Waals surface area contributed by atoms with Crippen LogP contribution in [0.4, 0.5) is 5.69 Å². The first-order valence-corrected chi connectivity index (χ1v) is 6.29. The number of hydrogen-bond acceptors (Lipinski definition) is 3. The quantitative estimate of drug-likeness (QED) is 0.820. The fourth-order valence-electron chi connectivity index (χ4n) is 1.76. The molecule has 1 aromatic carbocycles. The van der Waals surface area contributed by atoms with Crippen molar-refractivity contribution in [2.45, 2.75) is 13.0 Å². The summed E-state index contributed by atoms with van der Waals surface area (Å²) in [4.78, 5) is 11.2. The highest BCUT2D eigenvalue weighted by Crippen LogP contribution is 2.06. The van der Waals surface area contributed by atoms with E-state index in [1.54, 1.807) is 17.9 Å². The van der Waals surface area contributed by atoms with Crippen molar-refractivity contribution in [3.05, 3.63) is 48.3 Å². The highest BCUT2D eigenvalue weighted by Gasteiger charge is 2.02. The van der Waals surface area contributed by atoms with E-state index in [0.717, 1.165) is 18.7 Å². The lowest BCUT2D eigenvalue weighted by atomic mass is 10.1. The summed E-state index contributed by atoms with van der Waals surface area (Å²) in [6.07, 6.45) is 4.52. The summed E-state index contributed by atoms with van der Waals surface area (Å²) in [5, 5.41) is 9.98. The molecule has 2 rings (SSSR count). The molecule has 100 valence electrons. The van der Waals surface area contributed by atoms with Crippen LogP contribution < -0.4 is 10.6 Å². The molecule has 0 aliphatic rings. The van der Waals surface area contributed by atoms with E-state index >= 15 is 0 Å². The SMILES string of the molecule is CNC(=O)Cn1cc(NCCc2ccccc2)cn1. The van der Waals surface area contributed by atoms with E-state index in [1.807, 2.05) is 24.4 Å². The molecule has 2 aromatic rings. The Labute approximate surface area is 112 Å². The van der Waals surface area contributed by atoms with Crippen LogP contribution in [-0.4, -0.2) is 29.3 Å². The number of hydrogen-bond donors (Lipinski definition) is 2. The molecule has 0 saturated carbocycles. The Balaban J connectivity index is 1.79. The van der Waals surface area contributed by atoms with Crippen molar-refractivity contribution in [2.24, 2.45) is 0 Å². The van der Waals surface area contributed by atoms with Gasteiger partial charge in [0.2, 0.25) is 5.91 Å². The molecule has 0 radical (unpaired) electrons. The molecule has 0 spiro atoms. The van der Waals surface area contributed by atoms with Gasteiger partial charge in [-0.15, -0.1) is 0 Å². The summed E-state index contributed by atoms with van der Waals surface area (Å²) >= 11 is 0. The summed E-state index contributed by atoms with van der Waals surface area (Å²) in [5.74, 6) is -0.0565. The number of amides is 1. The first-order chi connectivity index (χ1) is 9.28. The molecular formula is C14H18N4O. The van der Waals surface area contributed by atoms with E-state index in [2.05, 4.69) is 27.9 Å². The second-order valence-corrected chi connectivity index (χ2v) is 4.26. The van der Waals surface area contributed by atoms with Gasteiger partial charge in [0.1, 0.15) is 6.54 Å². The Morgan fingerprint density at radius 3 is 2.84 bits per heavy atom. The zero-order valence-corrected chi connectivity index (χ0v) is 11.0. The smallest absolute Gasteiger partial charge is 0.241 e. The minimum Gasteiger partial charge on any atom is -0.382 e. The maximum absolute atomic E-state index is 11.2. The summed E-state index contributed by atoms with van der Waals surface area (Å²) in [5.41, 5.74) is 2.23. The fourth-order valence-corrected chi connectivity index (χ4v) is 1.76. The number of likely N-dealkylation sites (N-methyl/N-ethyl adjacent to an activating group) is 1. The van der Waals surface area contributed by atoms with Crippen molar-refractivity contribution in [3.63, 3.8) is 0 Å². The van der Waals surface area contributed by atoms with E-state index in [0.29, 0.717) is 0 Å². The zero-order valence-electron chi connectivity index (χ0n) is 11.0. The number of aromatic nitrogens is 2.